The monoisotopic (exact) mass is 206 g/mol. The Kier molecular flexibility index (Phi) is 3.49. The Morgan fingerprint density at radius 1 is 1.21 bits per heavy atom. The Morgan fingerprint density at radius 3 is 2.14 bits per heavy atom. The van der Waals surface area contributed by atoms with Gasteiger partial charge in [-0.3, -0.25) is 0 Å². The van der Waals surface area contributed by atoms with Crippen molar-refractivity contribution in [2.45, 2.75) is 51.0 Å². The fourth-order valence-electron chi connectivity index (χ4n) is 1.31. The van der Waals surface area contributed by atoms with Crippen LogP contribution in [-0.2, 0) is 9.47 Å². The molecule has 4 atom stereocenters. The Hall–Kier alpha value is -0.200. The third-order valence-corrected chi connectivity index (χ3v) is 1.97. The van der Waals surface area contributed by atoms with E-state index in [1.165, 1.54) is 0 Å². The Labute approximate surface area is 83.3 Å². The van der Waals surface area contributed by atoms with Crippen LogP contribution in [0.5, 0.6) is 0 Å². The van der Waals surface area contributed by atoms with E-state index in [0.717, 1.165) is 0 Å². The highest BCUT2D eigenvalue weighted by atomic mass is 16.7. The van der Waals surface area contributed by atoms with Crippen molar-refractivity contribution in [1.82, 2.24) is 0 Å². The summed E-state index contributed by atoms with van der Waals surface area (Å²) in [7, 11) is 0. The van der Waals surface area contributed by atoms with Crippen molar-refractivity contribution in [1.29, 1.82) is 0 Å². The molecule has 1 rings (SSSR count). The lowest BCUT2D eigenvalue weighted by Gasteiger charge is -2.26. The summed E-state index contributed by atoms with van der Waals surface area (Å²) in [6.07, 6.45) is -3.83. The highest BCUT2D eigenvalue weighted by Crippen LogP contribution is 2.25. The van der Waals surface area contributed by atoms with Gasteiger partial charge < -0.3 is 24.8 Å². The van der Waals surface area contributed by atoms with Crippen LogP contribution in [0.25, 0.3) is 0 Å². The number of hydrogen-bond donors (Lipinski definition) is 3. The van der Waals surface area contributed by atoms with Crippen LogP contribution in [0.3, 0.4) is 0 Å². The molecule has 0 radical (unpaired) electrons. The Bertz CT molecular complexity index is 188. The zero-order valence-electron chi connectivity index (χ0n) is 8.67. The van der Waals surface area contributed by atoms with Crippen LogP contribution < -0.4 is 0 Å². The van der Waals surface area contributed by atoms with Crippen LogP contribution in [0.2, 0.25) is 0 Å². The lowest BCUT2D eigenvalue weighted by atomic mass is 10.1. The van der Waals surface area contributed by atoms with E-state index in [1.807, 2.05) is 20.8 Å². The predicted molar refractivity (Wildman–Crippen MR) is 48.6 cm³/mol. The van der Waals surface area contributed by atoms with E-state index in [-0.39, 0.29) is 6.61 Å². The molecule has 1 fully saturated rings. The van der Waals surface area contributed by atoms with E-state index in [4.69, 9.17) is 14.6 Å². The average Bonchev–Trinajstić information content (AvgIpc) is 2.30. The summed E-state index contributed by atoms with van der Waals surface area (Å²) in [6.45, 7) is 5.13. The van der Waals surface area contributed by atoms with Crippen molar-refractivity contribution in [3.8, 4) is 0 Å². The number of aliphatic hydroxyl groups excluding tert-OH is 3. The van der Waals surface area contributed by atoms with E-state index in [2.05, 4.69) is 0 Å². The van der Waals surface area contributed by atoms with Gasteiger partial charge in [-0.05, 0) is 20.8 Å². The molecule has 14 heavy (non-hydrogen) atoms. The van der Waals surface area contributed by atoms with Gasteiger partial charge in [0.05, 0.1) is 12.2 Å². The molecule has 0 aliphatic carbocycles. The van der Waals surface area contributed by atoms with Gasteiger partial charge in [-0.1, -0.05) is 0 Å². The smallest absolute Gasteiger partial charge is 0.187 e. The van der Waals surface area contributed by atoms with Gasteiger partial charge in [0, 0.05) is 0 Å². The van der Waals surface area contributed by atoms with Gasteiger partial charge in [0.15, 0.2) is 6.29 Å². The van der Waals surface area contributed by atoms with Gasteiger partial charge in [-0.2, -0.15) is 0 Å². The van der Waals surface area contributed by atoms with Gasteiger partial charge in [-0.25, -0.2) is 0 Å². The fraction of sp³-hybridized carbons (Fsp3) is 1.00. The molecule has 5 heteroatoms. The molecule has 3 N–H and O–H groups in total. The lowest BCUT2D eigenvalue weighted by Crippen LogP contribution is -2.37. The highest BCUT2D eigenvalue weighted by Gasteiger charge is 2.44. The molecule has 0 bridgehead atoms. The molecule has 0 aromatic rings. The van der Waals surface area contributed by atoms with Gasteiger partial charge in [0.25, 0.3) is 0 Å². The zero-order valence-corrected chi connectivity index (χ0v) is 8.67. The molecular weight excluding hydrogens is 188 g/mol. The van der Waals surface area contributed by atoms with Gasteiger partial charge >= 0.3 is 0 Å². The number of ether oxygens (including phenoxy) is 2. The molecule has 84 valence electrons. The molecule has 0 spiro atoms. The molecule has 1 heterocycles. The first-order valence-electron chi connectivity index (χ1n) is 4.65. The second kappa shape index (κ2) is 4.12. The quantitative estimate of drug-likeness (QED) is 0.553. The number of hydrogen-bond acceptors (Lipinski definition) is 5. The average molecular weight is 206 g/mol. The van der Waals surface area contributed by atoms with Crippen molar-refractivity contribution in [3.05, 3.63) is 0 Å². The summed E-state index contributed by atoms with van der Waals surface area (Å²) < 4.78 is 10.5. The fourth-order valence-corrected chi connectivity index (χ4v) is 1.31. The molecule has 1 aliphatic heterocycles. The molecule has 1 saturated heterocycles. The van der Waals surface area contributed by atoms with Gasteiger partial charge in [-0.15, -0.1) is 0 Å². The maximum absolute atomic E-state index is 9.51. The minimum absolute atomic E-state index is 0.331. The van der Waals surface area contributed by atoms with Crippen molar-refractivity contribution < 1.29 is 24.8 Å². The minimum Gasteiger partial charge on any atom is -0.394 e. The molecule has 0 aromatic heterocycles. The van der Waals surface area contributed by atoms with Crippen LogP contribution in [0.1, 0.15) is 20.8 Å². The normalized spacial score (nSPS) is 39.0. The first-order chi connectivity index (χ1) is 6.35. The van der Waals surface area contributed by atoms with Gasteiger partial charge in [0.2, 0.25) is 0 Å². The topological polar surface area (TPSA) is 79.2 Å². The second-order valence-corrected chi connectivity index (χ2v) is 4.44. The van der Waals surface area contributed by atoms with E-state index in [9.17, 15) is 10.2 Å². The first-order valence-corrected chi connectivity index (χ1v) is 4.65. The summed E-state index contributed by atoms with van der Waals surface area (Å²) in [5, 5.41) is 27.7. The SMILES string of the molecule is CC(C)(C)O[C@@H]1O[C@H](CO)C(O)C1O. The third kappa shape index (κ3) is 2.65. The zero-order chi connectivity index (χ0) is 10.9. The van der Waals surface area contributed by atoms with Crippen LogP contribution in [-0.4, -0.2) is 52.1 Å². The van der Waals surface area contributed by atoms with Crippen molar-refractivity contribution in [2.75, 3.05) is 6.61 Å². The molecule has 2 unspecified atom stereocenters. The van der Waals surface area contributed by atoms with Crippen molar-refractivity contribution in [3.63, 3.8) is 0 Å². The first kappa shape index (κ1) is 11.9. The van der Waals surface area contributed by atoms with Crippen LogP contribution in [0.15, 0.2) is 0 Å². The molecule has 0 saturated carbocycles. The lowest BCUT2D eigenvalue weighted by molar-refractivity contribution is -0.214. The summed E-state index contributed by atoms with van der Waals surface area (Å²) in [5.74, 6) is 0. The third-order valence-electron chi connectivity index (χ3n) is 1.97. The van der Waals surface area contributed by atoms with Gasteiger partial charge in [0.1, 0.15) is 18.3 Å². The molecule has 0 amide bonds. The second-order valence-electron chi connectivity index (χ2n) is 4.44. The maximum Gasteiger partial charge on any atom is 0.187 e. The highest BCUT2D eigenvalue weighted by molar-refractivity contribution is 4.87. The molecular formula is C9H18O5. The summed E-state index contributed by atoms with van der Waals surface area (Å²) in [4.78, 5) is 0. The Balaban J connectivity index is 2.57. The minimum atomic E-state index is -1.11. The number of aliphatic hydroxyl groups is 3. The van der Waals surface area contributed by atoms with Crippen molar-refractivity contribution >= 4 is 0 Å². The standard InChI is InChI=1S/C9H18O5/c1-9(2,3)14-8-7(12)6(11)5(4-10)13-8/h5-8,10-12H,4H2,1-3H3/t5-,6?,7?,8+/m1/s1. The predicted octanol–water partition coefficient (Wildman–Crippen LogP) is -0.760. The van der Waals surface area contributed by atoms with Crippen LogP contribution in [0.4, 0.5) is 0 Å². The molecule has 5 nitrogen and oxygen atoms in total. The van der Waals surface area contributed by atoms with E-state index in [1.54, 1.807) is 0 Å². The van der Waals surface area contributed by atoms with Crippen LogP contribution in [0, 0.1) is 0 Å². The van der Waals surface area contributed by atoms with Crippen LogP contribution >= 0.6 is 0 Å². The summed E-state index contributed by atoms with van der Waals surface area (Å²) >= 11 is 0. The number of rotatable bonds is 2. The van der Waals surface area contributed by atoms with E-state index >= 15 is 0 Å². The van der Waals surface area contributed by atoms with E-state index in [0.29, 0.717) is 0 Å². The molecule has 0 aromatic carbocycles. The molecule has 1 aliphatic rings. The van der Waals surface area contributed by atoms with E-state index < -0.39 is 30.2 Å². The summed E-state index contributed by atoms with van der Waals surface area (Å²) in [5.41, 5.74) is -0.463. The Morgan fingerprint density at radius 2 is 1.79 bits per heavy atom. The largest absolute Gasteiger partial charge is 0.394 e. The van der Waals surface area contributed by atoms with Crippen molar-refractivity contribution in [2.24, 2.45) is 0 Å². The summed E-state index contributed by atoms with van der Waals surface area (Å²) in [6, 6.07) is 0. The maximum atomic E-state index is 9.51.